The summed E-state index contributed by atoms with van der Waals surface area (Å²) in [5, 5.41) is 11.2. The van der Waals surface area contributed by atoms with Crippen LogP contribution in [0.5, 0.6) is 0 Å². The zero-order valence-corrected chi connectivity index (χ0v) is 12.9. The van der Waals surface area contributed by atoms with Crippen molar-refractivity contribution in [3.63, 3.8) is 0 Å². The Morgan fingerprint density at radius 3 is 2.95 bits per heavy atom. The molecule has 7 heteroatoms. The number of amides is 1. The fourth-order valence-electron chi connectivity index (χ4n) is 1.99. The summed E-state index contributed by atoms with van der Waals surface area (Å²) in [5.41, 5.74) is 0.762. The maximum atomic E-state index is 12.4. The van der Waals surface area contributed by atoms with E-state index in [2.05, 4.69) is 4.98 Å². The van der Waals surface area contributed by atoms with Gasteiger partial charge in [-0.3, -0.25) is 14.7 Å². The van der Waals surface area contributed by atoms with E-state index in [-0.39, 0.29) is 4.32 Å². The van der Waals surface area contributed by atoms with E-state index >= 15 is 0 Å². The molecule has 0 aliphatic carbocycles. The predicted molar refractivity (Wildman–Crippen MR) is 83.0 cm³/mol. The Hall–Kier alpha value is -1.73. The smallest absolute Gasteiger partial charge is 0.266 e. The highest BCUT2D eigenvalue weighted by Gasteiger charge is 2.37. The first-order valence-corrected chi connectivity index (χ1v) is 7.65. The van der Waals surface area contributed by atoms with Crippen LogP contribution in [0.25, 0.3) is 6.08 Å². The summed E-state index contributed by atoms with van der Waals surface area (Å²) in [4.78, 5) is 29.1. The molecule has 1 saturated heterocycles. The van der Waals surface area contributed by atoms with Crippen molar-refractivity contribution in [2.24, 2.45) is 0 Å². The molecule has 0 spiro atoms. The Balaban J connectivity index is 2.28. The number of thioether (sulfide) groups is 1. The van der Waals surface area contributed by atoms with Gasteiger partial charge in [-0.25, -0.2) is 0 Å². The van der Waals surface area contributed by atoms with Crippen LogP contribution in [0.1, 0.15) is 25.3 Å². The van der Waals surface area contributed by atoms with Crippen LogP contribution in [-0.2, 0) is 9.59 Å². The van der Waals surface area contributed by atoms with Crippen molar-refractivity contribution >= 4 is 46.3 Å². The van der Waals surface area contributed by atoms with Gasteiger partial charge in [-0.1, -0.05) is 43.4 Å². The van der Waals surface area contributed by atoms with E-state index in [9.17, 15) is 14.7 Å². The molecule has 0 saturated carbocycles. The van der Waals surface area contributed by atoms with Crippen LogP contribution in [-0.4, -0.2) is 32.1 Å². The van der Waals surface area contributed by atoms with Crippen molar-refractivity contribution in [1.29, 1.82) is 0 Å². The fraction of sp³-hybridized carbons (Fsp3) is 0.286. The Labute approximate surface area is 132 Å². The summed E-state index contributed by atoms with van der Waals surface area (Å²) in [6.07, 6.45) is 5.85. The molecule has 1 aromatic rings. The van der Waals surface area contributed by atoms with Crippen LogP contribution >= 0.6 is 24.0 Å². The van der Waals surface area contributed by atoms with Gasteiger partial charge in [0.1, 0.15) is 4.32 Å². The predicted octanol–water partition coefficient (Wildman–Crippen LogP) is 1.20. The van der Waals surface area contributed by atoms with Crippen LogP contribution in [0.4, 0.5) is 0 Å². The lowest BCUT2D eigenvalue weighted by atomic mass is 10.1. The average Bonchev–Trinajstić information content (AvgIpc) is 2.72. The Morgan fingerprint density at radius 1 is 1.62 bits per heavy atom. The van der Waals surface area contributed by atoms with E-state index in [0.717, 1.165) is 22.2 Å². The molecule has 5 nitrogen and oxygen atoms in total. The molecule has 110 valence electrons. The highest BCUT2D eigenvalue weighted by Crippen LogP contribution is 2.34. The average molecular weight is 321 g/mol. The molecule has 0 radical (unpaired) electrons. The van der Waals surface area contributed by atoms with E-state index in [1.165, 1.54) is 0 Å². The first kappa shape index (κ1) is 15.7. The number of carboxylic acid groups (broad SMARTS) is 1. The monoisotopic (exact) mass is 321 g/mol. The first-order valence-electron chi connectivity index (χ1n) is 6.42. The molecule has 1 aromatic heterocycles. The number of aromatic nitrogens is 1. The lowest BCUT2D eigenvalue weighted by Crippen LogP contribution is -2.49. The highest BCUT2D eigenvalue weighted by atomic mass is 32.2. The van der Waals surface area contributed by atoms with Gasteiger partial charge < -0.3 is 9.90 Å². The molecule has 1 amide bonds. The molecule has 0 bridgehead atoms. The van der Waals surface area contributed by atoms with Gasteiger partial charge in [-0.15, -0.1) is 0 Å². The lowest BCUT2D eigenvalue weighted by molar-refractivity contribution is -0.310. The maximum Gasteiger partial charge on any atom is 0.266 e. The zero-order chi connectivity index (χ0) is 15.4. The second-order valence-electron chi connectivity index (χ2n) is 4.46. The van der Waals surface area contributed by atoms with Gasteiger partial charge in [0.2, 0.25) is 0 Å². The van der Waals surface area contributed by atoms with Gasteiger partial charge in [0.25, 0.3) is 5.91 Å². The normalized spacial score (nSPS) is 18.3. The van der Waals surface area contributed by atoms with Crippen molar-refractivity contribution in [3.8, 4) is 0 Å². The van der Waals surface area contributed by atoms with E-state index < -0.39 is 17.9 Å². The molecule has 1 fully saturated rings. The number of carbonyl (C=O) groups excluding carboxylic acids is 2. The molecule has 0 aromatic carbocycles. The second kappa shape index (κ2) is 6.82. The first-order chi connectivity index (χ1) is 10.0. The van der Waals surface area contributed by atoms with E-state index in [0.29, 0.717) is 17.7 Å². The van der Waals surface area contributed by atoms with Gasteiger partial charge in [0, 0.05) is 12.4 Å². The minimum atomic E-state index is -1.28. The van der Waals surface area contributed by atoms with Crippen LogP contribution in [0.3, 0.4) is 0 Å². The minimum absolute atomic E-state index is 0.248. The molecule has 1 aliphatic heterocycles. The minimum Gasteiger partial charge on any atom is -0.548 e. The third kappa shape index (κ3) is 3.48. The second-order valence-corrected chi connectivity index (χ2v) is 6.14. The Kier molecular flexibility index (Phi) is 5.08. The number of nitrogens with zero attached hydrogens (tertiary/aromatic N) is 2. The van der Waals surface area contributed by atoms with Gasteiger partial charge in [-0.2, -0.15) is 0 Å². The highest BCUT2D eigenvalue weighted by molar-refractivity contribution is 8.26. The maximum absolute atomic E-state index is 12.4. The van der Waals surface area contributed by atoms with E-state index in [1.54, 1.807) is 24.5 Å². The molecule has 2 heterocycles. The van der Waals surface area contributed by atoms with Crippen LogP contribution in [0.2, 0.25) is 0 Å². The molecule has 0 N–H and O–H groups in total. The number of pyridine rings is 1. The summed E-state index contributed by atoms with van der Waals surface area (Å²) < 4.78 is 0.248. The molecular formula is C14H13N2O3S2-. The van der Waals surface area contributed by atoms with Crippen molar-refractivity contribution in [1.82, 2.24) is 9.88 Å². The van der Waals surface area contributed by atoms with Crippen molar-refractivity contribution in [2.45, 2.75) is 25.8 Å². The van der Waals surface area contributed by atoms with Gasteiger partial charge in [-0.05, 0) is 24.1 Å². The topological polar surface area (TPSA) is 73.3 Å². The van der Waals surface area contributed by atoms with Gasteiger partial charge >= 0.3 is 0 Å². The molecule has 2 rings (SSSR count). The lowest BCUT2D eigenvalue weighted by Gasteiger charge is -2.27. The molecule has 1 aliphatic rings. The zero-order valence-electron chi connectivity index (χ0n) is 11.3. The fourth-order valence-corrected chi connectivity index (χ4v) is 3.34. The molecule has 1 atom stereocenters. The van der Waals surface area contributed by atoms with E-state index in [4.69, 9.17) is 12.2 Å². The van der Waals surface area contributed by atoms with Crippen molar-refractivity contribution < 1.29 is 14.7 Å². The van der Waals surface area contributed by atoms with E-state index in [1.807, 2.05) is 13.0 Å². The van der Waals surface area contributed by atoms with Crippen LogP contribution in [0.15, 0.2) is 29.4 Å². The number of hydrogen-bond donors (Lipinski definition) is 0. The summed E-state index contributed by atoms with van der Waals surface area (Å²) in [5.74, 6) is -1.67. The summed E-state index contributed by atoms with van der Waals surface area (Å²) >= 11 is 6.24. The number of hydrogen-bond acceptors (Lipinski definition) is 6. The van der Waals surface area contributed by atoms with Crippen LogP contribution in [0, 0.1) is 0 Å². The number of thiocarbonyl (C=S) groups is 1. The number of carboxylic acids is 1. The van der Waals surface area contributed by atoms with Gasteiger partial charge in [0.15, 0.2) is 0 Å². The number of aliphatic carboxylic acids is 1. The van der Waals surface area contributed by atoms with Crippen molar-refractivity contribution in [2.75, 3.05) is 0 Å². The van der Waals surface area contributed by atoms with Crippen molar-refractivity contribution in [3.05, 3.63) is 35.0 Å². The molecular weight excluding hydrogens is 308 g/mol. The standard InChI is InChI=1S/C14H14N2O3S2/c1-2-4-10(13(18)19)16-12(17)11(21-14(16)20)7-9-5-3-6-15-8-9/h3,5-8,10H,2,4H2,1H3,(H,18,19)/p-1/b11-7-/t10-/m0/s1. The largest absolute Gasteiger partial charge is 0.548 e. The molecule has 0 unspecified atom stereocenters. The van der Waals surface area contributed by atoms with Crippen LogP contribution < -0.4 is 5.11 Å². The third-order valence-corrected chi connectivity index (χ3v) is 4.28. The molecule has 21 heavy (non-hydrogen) atoms. The quantitative estimate of drug-likeness (QED) is 0.599. The Bertz CT molecular complexity index is 601. The number of rotatable bonds is 5. The van der Waals surface area contributed by atoms with Gasteiger partial charge in [0.05, 0.1) is 16.9 Å². The Morgan fingerprint density at radius 2 is 2.38 bits per heavy atom. The number of carbonyl (C=O) groups is 2. The third-order valence-electron chi connectivity index (χ3n) is 2.95. The summed E-state index contributed by atoms with van der Waals surface area (Å²) in [7, 11) is 0. The SMILES string of the molecule is CCC[C@@H](C(=O)[O-])N1C(=O)/C(=C/c2cccnc2)SC1=S. The summed E-state index contributed by atoms with van der Waals surface area (Å²) in [6.45, 7) is 1.85. The summed E-state index contributed by atoms with van der Waals surface area (Å²) in [6, 6.07) is 2.55.